The molecule has 2 atom stereocenters. The Kier molecular flexibility index (Phi) is 7.80. The van der Waals surface area contributed by atoms with Gasteiger partial charge in [-0.1, -0.05) is 50.6 Å². The zero-order valence-electron chi connectivity index (χ0n) is 11.6. The van der Waals surface area contributed by atoms with E-state index in [-0.39, 0.29) is 0 Å². The largest absolute Gasteiger partial charge is 0.309 e. The van der Waals surface area contributed by atoms with E-state index in [4.69, 9.17) is 11.6 Å². The molecule has 0 saturated heterocycles. The van der Waals surface area contributed by atoms with Gasteiger partial charge in [-0.05, 0) is 31.0 Å². The van der Waals surface area contributed by atoms with E-state index in [9.17, 15) is 0 Å². The van der Waals surface area contributed by atoms with Gasteiger partial charge in [-0.2, -0.15) is 11.8 Å². The molecule has 1 rings (SSSR count). The first kappa shape index (κ1) is 15.9. The van der Waals surface area contributed by atoms with Gasteiger partial charge in [0, 0.05) is 22.1 Å². The highest BCUT2D eigenvalue weighted by atomic mass is 35.5. The van der Waals surface area contributed by atoms with E-state index in [0.717, 1.165) is 23.7 Å². The summed E-state index contributed by atoms with van der Waals surface area (Å²) in [5, 5.41) is 5.18. The maximum atomic E-state index is 6.30. The monoisotopic (exact) mass is 285 g/mol. The van der Waals surface area contributed by atoms with Crippen molar-refractivity contribution in [2.45, 2.75) is 44.9 Å². The molecule has 0 radical (unpaired) electrons. The number of halogens is 1. The molecule has 0 amide bonds. The summed E-state index contributed by atoms with van der Waals surface area (Å²) in [4.78, 5) is 0. The molecular weight excluding hydrogens is 262 g/mol. The highest BCUT2D eigenvalue weighted by molar-refractivity contribution is 7.99. The summed E-state index contributed by atoms with van der Waals surface area (Å²) < 4.78 is 0. The third kappa shape index (κ3) is 5.21. The Labute approximate surface area is 121 Å². The van der Waals surface area contributed by atoms with Crippen molar-refractivity contribution in [2.75, 3.05) is 12.3 Å². The molecule has 0 aliphatic carbocycles. The van der Waals surface area contributed by atoms with Crippen LogP contribution in [-0.4, -0.2) is 17.5 Å². The van der Waals surface area contributed by atoms with Crippen LogP contribution in [0.3, 0.4) is 0 Å². The van der Waals surface area contributed by atoms with Gasteiger partial charge in [0.25, 0.3) is 0 Å². The Hall–Kier alpha value is -0.180. The molecule has 0 fully saturated rings. The SMILES string of the molecule is CCCNC(CSC(C)CC)c1ccccc1Cl. The molecule has 0 heterocycles. The average Bonchev–Trinajstić information content (AvgIpc) is 2.39. The summed E-state index contributed by atoms with van der Waals surface area (Å²) in [6.45, 7) is 7.76. The summed E-state index contributed by atoms with van der Waals surface area (Å²) in [6, 6.07) is 8.52. The van der Waals surface area contributed by atoms with Gasteiger partial charge in [-0.3, -0.25) is 0 Å². The van der Waals surface area contributed by atoms with Crippen LogP contribution in [0.5, 0.6) is 0 Å². The second kappa shape index (κ2) is 8.84. The Bertz CT molecular complexity index is 343. The minimum atomic E-state index is 0.359. The van der Waals surface area contributed by atoms with Crippen LogP contribution in [0, 0.1) is 0 Å². The Morgan fingerprint density at radius 3 is 2.61 bits per heavy atom. The van der Waals surface area contributed by atoms with Crippen LogP contribution in [0.25, 0.3) is 0 Å². The topological polar surface area (TPSA) is 12.0 Å². The lowest BCUT2D eigenvalue weighted by atomic mass is 10.1. The average molecular weight is 286 g/mol. The second-order valence-electron chi connectivity index (χ2n) is 4.58. The normalized spacial score (nSPS) is 14.4. The fourth-order valence-corrected chi connectivity index (χ4v) is 3.03. The van der Waals surface area contributed by atoms with Crippen LogP contribution in [0.1, 0.15) is 45.2 Å². The molecule has 0 saturated carbocycles. The number of benzene rings is 1. The first-order valence-corrected chi connectivity index (χ1v) is 8.21. The van der Waals surface area contributed by atoms with Crippen molar-refractivity contribution in [1.29, 1.82) is 0 Å². The third-order valence-corrected chi connectivity index (χ3v) is 4.82. The minimum absolute atomic E-state index is 0.359. The summed E-state index contributed by atoms with van der Waals surface area (Å²) in [6.07, 6.45) is 2.36. The number of rotatable bonds is 8. The first-order chi connectivity index (χ1) is 8.69. The maximum absolute atomic E-state index is 6.30. The number of hydrogen-bond donors (Lipinski definition) is 1. The van der Waals surface area contributed by atoms with Crippen LogP contribution in [0.4, 0.5) is 0 Å². The van der Waals surface area contributed by atoms with Gasteiger partial charge >= 0.3 is 0 Å². The predicted molar refractivity (Wildman–Crippen MR) is 84.7 cm³/mol. The van der Waals surface area contributed by atoms with Crippen molar-refractivity contribution in [2.24, 2.45) is 0 Å². The van der Waals surface area contributed by atoms with Crippen LogP contribution < -0.4 is 5.32 Å². The molecule has 0 spiro atoms. The number of hydrogen-bond acceptors (Lipinski definition) is 2. The van der Waals surface area contributed by atoms with Crippen molar-refractivity contribution in [3.05, 3.63) is 34.9 Å². The van der Waals surface area contributed by atoms with Gasteiger partial charge in [0.15, 0.2) is 0 Å². The summed E-state index contributed by atoms with van der Waals surface area (Å²) in [5.41, 5.74) is 1.23. The lowest BCUT2D eigenvalue weighted by molar-refractivity contribution is 0.577. The molecule has 1 N–H and O–H groups in total. The smallest absolute Gasteiger partial charge is 0.0454 e. The molecule has 3 heteroatoms. The standard InChI is InChI=1S/C15H24ClNS/c1-4-10-17-15(11-18-12(3)5-2)13-8-6-7-9-14(13)16/h6-9,12,15,17H,4-5,10-11H2,1-3H3. The van der Waals surface area contributed by atoms with Crippen molar-refractivity contribution in [1.82, 2.24) is 5.32 Å². The van der Waals surface area contributed by atoms with E-state index in [1.165, 1.54) is 12.0 Å². The molecule has 102 valence electrons. The lowest BCUT2D eigenvalue weighted by Gasteiger charge is -2.21. The number of nitrogens with one attached hydrogen (secondary N) is 1. The van der Waals surface area contributed by atoms with E-state index in [1.54, 1.807) is 0 Å². The number of thioether (sulfide) groups is 1. The highest BCUT2D eigenvalue weighted by Gasteiger charge is 2.14. The molecule has 18 heavy (non-hydrogen) atoms. The van der Waals surface area contributed by atoms with Crippen LogP contribution >= 0.6 is 23.4 Å². The summed E-state index contributed by atoms with van der Waals surface area (Å²) >= 11 is 8.32. The molecule has 1 aromatic carbocycles. The van der Waals surface area contributed by atoms with Gasteiger partial charge in [-0.15, -0.1) is 0 Å². The quantitative estimate of drug-likeness (QED) is 0.728. The Morgan fingerprint density at radius 1 is 1.28 bits per heavy atom. The van der Waals surface area contributed by atoms with Crippen LogP contribution in [0.2, 0.25) is 5.02 Å². The maximum Gasteiger partial charge on any atom is 0.0454 e. The molecule has 1 aromatic rings. The first-order valence-electron chi connectivity index (χ1n) is 6.78. The predicted octanol–water partition coefficient (Wildman–Crippen LogP) is 4.91. The molecule has 0 aliphatic heterocycles. The van der Waals surface area contributed by atoms with Gasteiger partial charge in [0.1, 0.15) is 0 Å². The van der Waals surface area contributed by atoms with E-state index in [0.29, 0.717) is 11.3 Å². The van der Waals surface area contributed by atoms with Crippen molar-refractivity contribution in [3.63, 3.8) is 0 Å². The molecule has 0 aliphatic rings. The summed E-state index contributed by atoms with van der Waals surface area (Å²) in [5.74, 6) is 1.08. The Balaban J connectivity index is 2.68. The molecule has 2 unspecified atom stereocenters. The van der Waals surface area contributed by atoms with Crippen LogP contribution in [-0.2, 0) is 0 Å². The van der Waals surface area contributed by atoms with Gasteiger partial charge in [-0.25, -0.2) is 0 Å². The molecule has 0 bridgehead atoms. The van der Waals surface area contributed by atoms with E-state index in [2.05, 4.69) is 38.2 Å². The Morgan fingerprint density at radius 2 is 2.00 bits per heavy atom. The van der Waals surface area contributed by atoms with Crippen LogP contribution in [0.15, 0.2) is 24.3 Å². The highest BCUT2D eigenvalue weighted by Crippen LogP contribution is 2.27. The third-order valence-electron chi connectivity index (χ3n) is 3.04. The van der Waals surface area contributed by atoms with Crippen molar-refractivity contribution >= 4 is 23.4 Å². The van der Waals surface area contributed by atoms with Gasteiger partial charge < -0.3 is 5.32 Å². The summed E-state index contributed by atoms with van der Waals surface area (Å²) in [7, 11) is 0. The van der Waals surface area contributed by atoms with E-state index in [1.807, 2.05) is 23.9 Å². The van der Waals surface area contributed by atoms with E-state index >= 15 is 0 Å². The molecular formula is C15H24ClNS. The van der Waals surface area contributed by atoms with Gasteiger partial charge in [0.2, 0.25) is 0 Å². The molecule has 1 nitrogen and oxygen atoms in total. The second-order valence-corrected chi connectivity index (χ2v) is 6.46. The van der Waals surface area contributed by atoms with Gasteiger partial charge in [0.05, 0.1) is 0 Å². The minimum Gasteiger partial charge on any atom is -0.309 e. The van der Waals surface area contributed by atoms with E-state index < -0.39 is 0 Å². The zero-order chi connectivity index (χ0) is 13.4. The lowest BCUT2D eigenvalue weighted by Crippen LogP contribution is -2.25. The zero-order valence-corrected chi connectivity index (χ0v) is 13.2. The molecule has 0 aromatic heterocycles. The fraction of sp³-hybridized carbons (Fsp3) is 0.600. The fourth-order valence-electron chi connectivity index (χ4n) is 1.71. The van der Waals surface area contributed by atoms with Crippen molar-refractivity contribution < 1.29 is 0 Å². The van der Waals surface area contributed by atoms with Crippen molar-refractivity contribution in [3.8, 4) is 0 Å².